The number of nitro benzene ring substituents is 1. The molecule has 2 aliphatic rings. The fraction of sp³-hybridized carbons (Fsp3) is 0.375. The van der Waals surface area contributed by atoms with Gasteiger partial charge in [0, 0.05) is 17.7 Å². The Morgan fingerprint density at radius 2 is 1.68 bits per heavy atom. The highest BCUT2D eigenvalue weighted by Gasteiger charge is 2.46. The number of imide groups is 1. The molecular formula is C24H25ClN4O7S. The first kappa shape index (κ1) is 26.7. The van der Waals surface area contributed by atoms with Gasteiger partial charge < -0.3 is 4.90 Å². The first-order chi connectivity index (χ1) is 17.5. The monoisotopic (exact) mass is 548 g/mol. The molecule has 2 N–H and O–H groups in total. The van der Waals surface area contributed by atoms with Crippen LogP contribution in [0.15, 0.2) is 47.4 Å². The van der Waals surface area contributed by atoms with Crippen LogP contribution >= 0.6 is 11.6 Å². The van der Waals surface area contributed by atoms with Crippen LogP contribution in [-0.4, -0.2) is 48.0 Å². The van der Waals surface area contributed by atoms with Crippen molar-refractivity contribution in [1.29, 1.82) is 0 Å². The molecule has 0 radical (unpaired) electrons. The normalized spacial score (nSPS) is 19.1. The Labute approximate surface area is 218 Å². The van der Waals surface area contributed by atoms with Crippen molar-refractivity contribution >= 4 is 50.7 Å². The number of nitrogens with two attached hydrogens (primary N) is 1. The van der Waals surface area contributed by atoms with E-state index in [-0.39, 0.29) is 33.6 Å². The van der Waals surface area contributed by atoms with Crippen molar-refractivity contribution in [1.82, 2.24) is 4.90 Å². The smallest absolute Gasteiger partial charge is 0.288 e. The van der Waals surface area contributed by atoms with Crippen molar-refractivity contribution in [2.45, 2.75) is 61.9 Å². The molecule has 11 nitrogen and oxygen atoms in total. The van der Waals surface area contributed by atoms with Crippen molar-refractivity contribution in [3.63, 3.8) is 0 Å². The predicted octanol–water partition coefficient (Wildman–Crippen LogP) is 3.39. The molecule has 0 aromatic heterocycles. The fourth-order valence-electron chi connectivity index (χ4n) is 4.92. The van der Waals surface area contributed by atoms with Crippen LogP contribution in [0.25, 0.3) is 0 Å². The topological polar surface area (TPSA) is 161 Å². The Kier molecular flexibility index (Phi) is 7.62. The lowest BCUT2D eigenvalue weighted by atomic mass is 10.0. The summed E-state index contributed by atoms with van der Waals surface area (Å²) in [6, 6.07) is 7.26. The second kappa shape index (κ2) is 10.6. The van der Waals surface area contributed by atoms with E-state index < -0.39 is 44.4 Å². The van der Waals surface area contributed by atoms with Crippen molar-refractivity contribution < 1.29 is 27.7 Å². The molecule has 1 saturated heterocycles. The summed E-state index contributed by atoms with van der Waals surface area (Å²) in [5, 5.41) is 16.4. The van der Waals surface area contributed by atoms with Gasteiger partial charge in [-0.1, -0.05) is 37.3 Å². The summed E-state index contributed by atoms with van der Waals surface area (Å²) >= 11 is 5.92. The maximum Gasteiger partial charge on any atom is 0.288 e. The number of carbonyl (C=O) groups is 3. The third kappa shape index (κ3) is 5.50. The molecular weight excluding hydrogens is 524 g/mol. The lowest BCUT2D eigenvalue weighted by Gasteiger charge is -2.35. The summed E-state index contributed by atoms with van der Waals surface area (Å²) in [6.45, 7) is 0. The molecule has 3 amide bonds. The van der Waals surface area contributed by atoms with E-state index in [1.54, 1.807) is 0 Å². The van der Waals surface area contributed by atoms with Crippen LogP contribution in [0.3, 0.4) is 0 Å². The number of nitrogens with zero attached hydrogens (tertiary/aromatic N) is 3. The molecule has 37 heavy (non-hydrogen) atoms. The van der Waals surface area contributed by atoms with Gasteiger partial charge in [-0.2, -0.15) is 0 Å². The summed E-state index contributed by atoms with van der Waals surface area (Å²) in [4.78, 5) is 53.2. The van der Waals surface area contributed by atoms with Gasteiger partial charge in [-0.3, -0.25) is 24.5 Å². The number of carbonyl (C=O) groups excluding carboxylic acids is 3. The zero-order valence-electron chi connectivity index (χ0n) is 19.7. The van der Waals surface area contributed by atoms with Crippen molar-refractivity contribution in [2.24, 2.45) is 5.14 Å². The molecule has 1 atom stereocenters. The van der Waals surface area contributed by atoms with Crippen molar-refractivity contribution in [3.05, 3.63) is 63.2 Å². The van der Waals surface area contributed by atoms with E-state index in [0.717, 1.165) is 36.6 Å². The summed E-state index contributed by atoms with van der Waals surface area (Å²) < 4.78 is 23.1. The van der Waals surface area contributed by atoms with Gasteiger partial charge in [0.25, 0.3) is 17.5 Å². The van der Waals surface area contributed by atoms with Crippen LogP contribution in [0.5, 0.6) is 0 Å². The zero-order chi connectivity index (χ0) is 26.9. The Morgan fingerprint density at radius 3 is 2.24 bits per heavy atom. The van der Waals surface area contributed by atoms with Gasteiger partial charge in [0.05, 0.1) is 21.9 Å². The minimum absolute atomic E-state index is 0.00319. The number of anilines is 1. The molecule has 4 rings (SSSR count). The van der Waals surface area contributed by atoms with Crippen LogP contribution in [0.4, 0.5) is 11.4 Å². The van der Waals surface area contributed by atoms with Crippen LogP contribution in [-0.2, 0) is 19.6 Å². The Bertz CT molecular complexity index is 1360. The summed E-state index contributed by atoms with van der Waals surface area (Å²) in [5.41, 5.74) is -0.282. The molecule has 1 aliphatic carbocycles. The summed E-state index contributed by atoms with van der Waals surface area (Å²) in [5.74, 6) is -1.77. The minimum Gasteiger partial charge on any atom is -0.323 e. The number of hydrogen-bond donors (Lipinski definition) is 1. The molecule has 196 valence electrons. The quantitative estimate of drug-likeness (QED) is 0.250. The van der Waals surface area contributed by atoms with Crippen molar-refractivity contribution in [3.8, 4) is 0 Å². The minimum atomic E-state index is -3.97. The number of hydrogen-bond acceptors (Lipinski definition) is 7. The standard InChI is InChI=1S/C24H25ClN4O7S/c25-19-12-7-15(13-20(19)29(33)34)23(31)27(16-5-3-1-2-4-6-16)21-14-22(30)28(24(21)32)17-8-10-18(11-9-17)37(26,35)36/h7-13,16,21H,1-6,14H2,(H2,26,35,36). The largest absolute Gasteiger partial charge is 0.323 e. The Hall–Kier alpha value is -3.35. The van der Waals surface area contributed by atoms with E-state index >= 15 is 0 Å². The van der Waals surface area contributed by atoms with Gasteiger partial charge in [-0.05, 0) is 49.2 Å². The molecule has 2 aromatic rings. The van der Waals surface area contributed by atoms with Gasteiger partial charge in [0.2, 0.25) is 15.9 Å². The fourth-order valence-corrected chi connectivity index (χ4v) is 5.62. The van der Waals surface area contributed by atoms with E-state index in [0.29, 0.717) is 12.8 Å². The Balaban J connectivity index is 1.71. The zero-order valence-corrected chi connectivity index (χ0v) is 21.3. The van der Waals surface area contributed by atoms with E-state index in [1.807, 2.05) is 0 Å². The number of sulfonamides is 1. The maximum absolute atomic E-state index is 13.8. The summed E-state index contributed by atoms with van der Waals surface area (Å²) in [6.07, 6.45) is 4.61. The van der Waals surface area contributed by atoms with Gasteiger partial charge in [0.1, 0.15) is 11.1 Å². The van der Waals surface area contributed by atoms with E-state index in [2.05, 4.69) is 0 Å². The van der Waals surface area contributed by atoms with E-state index in [1.165, 1.54) is 41.3 Å². The van der Waals surface area contributed by atoms with E-state index in [9.17, 15) is 32.9 Å². The number of rotatable bonds is 6. The molecule has 13 heteroatoms. The van der Waals surface area contributed by atoms with Crippen LogP contribution in [0, 0.1) is 10.1 Å². The Morgan fingerprint density at radius 1 is 1.05 bits per heavy atom. The molecule has 1 saturated carbocycles. The third-order valence-electron chi connectivity index (χ3n) is 6.72. The second-order valence-corrected chi connectivity index (χ2v) is 11.1. The molecule has 2 aromatic carbocycles. The number of halogens is 1. The lowest BCUT2D eigenvalue weighted by molar-refractivity contribution is -0.384. The molecule has 1 heterocycles. The molecule has 0 spiro atoms. The molecule has 0 bridgehead atoms. The maximum atomic E-state index is 13.8. The number of benzene rings is 2. The van der Waals surface area contributed by atoms with Crippen molar-refractivity contribution in [2.75, 3.05) is 4.90 Å². The number of primary sulfonamides is 1. The SMILES string of the molecule is NS(=O)(=O)c1ccc(N2C(=O)CC(N(C(=O)c3ccc(Cl)c([N+](=O)[O-])c3)C3CCCCCC3)C2=O)cc1. The first-order valence-corrected chi connectivity index (χ1v) is 13.7. The number of amides is 3. The highest BCUT2D eigenvalue weighted by atomic mass is 35.5. The average molecular weight is 549 g/mol. The highest BCUT2D eigenvalue weighted by Crippen LogP contribution is 2.33. The third-order valence-corrected chi connectivity index (χ3v) is 7.97. The van der Waals surface area contributed by atoms with Crippen LogP contribution < -0.4 is 10.0 Å². The van der Waals surface area contributed by atoms with Gasteiger partial charge in [0.15, 0.2) is 0 Å². The second-order valence-electron chi connectivity index (χ2n) is 9.11. The molecule has 1 unspecified atom stereocenters. The van der Waals surface area contributed by atoms with E-state index in [4.69, 9.17) is 16.7 Å². The molecule has 1 aliphatic heterocycles. The van der Waals surface area contributed by atoms with Crippen LogP contribution in [0.2, 0.25) is 5.02 Å². The average Bonchev–Trinajstić information content (AvgIpc) is 3.00. The van der Waals surface area contributed by atoms with Gasteiger partial charge >= 0.3 is 0 Å². The van der Waals surface area contributed by atoms with Gasteiger partial charge in [-0.15, -0.1) is 0 Å². The number of nitro groups is 1. The van der Waals surface area contributed by atoms with Crippen LogP contribution in [0.1, 0.15) is 55.3 Å². The first-order valence-electron chi connectivity index (χ1n) is 11.8. The van der Waals surface area contributed by atoms with Gasteiger partial charge in [-0.25, -0.2) is 18.5 Å². The highest BCUT2D eigenvalue weighted by molar-refractivity contribution is 7.89. The summed E-state index contributed by atoms with van der Waals surface area (Å²) in [7, 11) is -3.97. The molecule has 2 fully saturated rings. The lowest BCUT2D eigenvalue weighted by Crippen LogP contribution is -2.50. The predicted molar refractivity (Wildman–Crippen MR) is 134 cm³/mol.